The van der Waals surface area contributed by atoms with Crippen molar-refractivity contribution in [3.8, 4) is 0 Å². The van der Waals surface area contributed by atoms with E-state index in [2.05, 4.69) is 0 Å². The molecule has 0 saturated heterocycles. The first-order valence-electron chi connectivity index (χ1n) is 2.67. The molecule has 1 aliphatic rings. The van der Waals surface area contributed by atoms with Gasteiger partial charge in [-0.05, 0) is 12.3 Å². The van der Waals surface area contributed by atoms with Crippen LogP contribution in [0.2, 0.25) is 0 Å². The number of rotatable bonds is 2. The first-order chi connectivity index (χ1) is 3.70. The summed E-state index contributed by atoms with van der Waals surface area (Å²) >= 11 is 0. The molecule has 1 fully saturated rings. The third-order valence-electron chi connectivity index (χ3n) is 1.41. The van der Waals surface area contributed by atoms with Gasteiger partial charge < -0.3 is 10.8 Å². The Morgan fingerprint density at radius 1 is 1.88 bits per heavy atom. The van der Waals surface area contributed by atoms with Gasteiger partial charge >= 0.3 is 5.97 Å². The second-order valence-electron chi connectivity index (χ2n) is 2.26. The molecule has 1 aliphatic carbocycles. The van der Waals surface area contributed by atoms with E-state index in [0.29, 0.717) is 0 Å². The second kappa shape index (κ2) is 1.74. The van der Waals surface area contributed by atoms with Crippen LogP contribution in [0.15, 0.2) is 0 Å². The molecule has 8 heavy (non-hydrogen) atoms. The Balaban J connectivity index is 2.14. The average Bonchev–Trinajstić information content (AvgIpc) is 2.17. The maximum atomic E-state index is 9.94. The lowest BCUT2D eigenvalue weighted by Crippen LogP contribution is -2.05. The average molecular weight is 115 g/mol. The van der Waals surface area contributed by atoms with E-state index in [0.717, 1.165) is 6.42 Å². The van der Waals surface area contributed by atoms with Crippen LogP contribution in [0.1, 0.15) is 12.8 Å². The fourth-order valence-corrected chi connectivity index (χ4v) is 0.730. The molecule has 0 aromatic heterocycles. The maximum Gasteiger partial charge on any atom is 0.303 e. The monoisotopic (exact) mass is 115 g/mol. The van der Waals surface area contributed by atoms with E-state index in [9.17, 15) is 4.79 Å². The number of carboxylic acids is 1. The zero-order valence-corrected chi connectivity index (χ0v) is 4.50. The minimum atomic E-state index is -0.733. The van der Waals surface area contributed by atoms with Crippen LogP contribution in [0.3, 0.4) is 0 Å². The van der Waals surface area contributed by atoms with Gasteiger partial charge in [-0.15, -0.1) is 0 Å². The van der Waals surface area contributed by atoms with Crippen LogP contribution in [-0.2, 0) is 4.79 Å². The highest BCUT2D eigenvalue weighted by molar-refractivity contribution is 5.67. The van der Waals surface area contributed by atoms with Crippen molar-refractivity contribution in [2.75, 3.05) is 0 Å². The van der Waals surface area contributed by atoms with Gasteiger partial charge in [-0.3, -0.25) is 4.79 Å². The van der Waals surface area contributed by atoms with Crippen molar-refractivity contribution in [2.45, 2.75) is 18.9 Å². The Bertz CT molecular complexity index is 113. The van der Waals surface area contributed by atoms with Crippen LogP contribution in [0.25, 0.3) is 0 Å². The Morgan fingerprint density at radius 3 is 2.50 bits per heavy atom. The van der Waals surface area contributed by atoms with E-state index in [-0.39, 0.29) is 18.4 Å². The van der Waals surface area contributed by atoms with E-state index < -0.39 is 5.97 Å². The molecule has 0 spiro atoms. The molecule has 46 valence electrons. The summed E-state index contributed by atoms with van der Waals surface area (Å²) in [5, 5.41) is 8.19. The van der Waals surface area contributed by atoms with Gasteiger partial charge in [-0.1, -0.05) is 0 Å². The number of carboxylic acid groups (broad SMARTS) is 1. The van der Waals surface area contributed by atoms with Crippen LogP contribution in [0.5, 0.6) is 0 Å². The van der Waals surface area contributed by atoms with Crippen molar-refractivity contribution in [2.24, 2.45) is 11.7 Å². The SMILES string of the molecule is NC1C[C@H]1CC(=O)O. The van der Waals surface area contributed by atoms with Crippen LogP contribution in [-0.4, -0.2) is 17.1 Å². The molecule has 1 saturated carbocycles. The molecule has 2 atom stereocenters. The Hall–Kier alpha value is -0.570. The highest BCUT2D eigenvalue weighted by Gasteiger charge is 2.34. The van der Waals surface area contributed by atoms with Crippen LogP contribution in [0.4, 0.5) is 0 Å². The van der Waals surface area contributed by atoms with E-state index in [1.807, 2.05) is 0 Å². The van der Waals surface area contributed by atoms with Crippen molar-refractivity contribution in [1.82, 2.24) is 0 Å². The summed E-state index contributed by atoms with van der Waals surface area (Å²) in [5.41, 5.74) is 5.35. The van der Waals surface area contributed by atoms with Gasteiger partial charge in [0.2, 0.25) is 0 Å². The third kappa shape index (κ3) is 1.20. The molecule has 3 nitrogen and oxygen atoms in total. The zero-order valence-electron chi connectivity index (χ0n) is 4.50. The molecular formula is C5H9NO2. The van der Waals surface area contributed by atoms with Crippen molar-refractivity contribution < 1.29 is 9.90 Å². The Labute approximate surface area is 47.5 Å². The van der Waals surface area contributed by atoms with E-state index >= 15 is 0 Å². The molecule has 0 radical (unpaired) electrons. The molecule has 0 heterocycles. The Morgan fingerprint density at radius 2 is 2.38 bits per heavy atom. The zero-order chi connectivity index (χ0) is 6.15. The fourth-order valence-electron chi connectivity index (χ4n) is 0.730. The first-order valence-corrected chi connectivity index (χ1v) is 2.67. The molecule has 1 rings (SSSR count). The number of carbonyl (C=O) groups is 1. The Kier molecular flexibility index (Phi) is 1.21. The van der Waals surface area contributed by atoms with Crippen molar-refractivity contribution in [3.63, 3.8) is 0 Å². The van der Waals surface area contributed by atoms with Crippen molar-refractivity contribution in [1.29, 1.82) is 0 Å². The summed E-state index contributed by atoms with van der Waals surface area (Å²) < 4.78 is 0. The molecule has 0 amide bonds. The van der Waals surface area contributed by atoms with Gasteiger partial charge in [0, 0.05) is 12.5 Å². The quantitative estimate of drug-likeness (QED) is 0.524. The van der Waals surface area contributed by atoms with Crippen LogP contribution in [0, 0.1) is 5.92 Å². The summed E-state index contributed by atoms with van der Waals surface area (Å²) in [6.45, 7) is 0. The number of aliphatic carboxylic acids is 1. The lowest BCUT2D eigenvalue weighted by atomic mass is 10.3. The third-order valence-corrected chi connectivity index (χ3v) is 1.41. The predicted molar refractivity (Wildman–Crippen MR) is 28.3 cm³/mol. The fraction of sp³-hybridized carbons (Fsp3) is 0.800. The second-order valence-corrected chi connectivity index (χ2v) is 2.26. The molecule has 0 bridgehead atoms. The van der Waals surface area contributed by atoms with E-state index in [4.69, 9.17) is 10.8 Å². The minimum Gasteiger partial charge on any atom is -0.481 e. The predicted octanol–water partition coefficient (Wildman–Crippen LogP) is -0.192. The summed E-state index contributed by atoms with van der Waals surface area (Å²) in [7, 11) is 0. The minimum absolute atomic E-state index is 0.172. The highest BCUT2D eigenvalue weighted by Crippen LogP contribution is 2.30. The van der Waals surface area contributed by atoms with E-state index in [1.165, 1.54) is 0 Å². The van der Waals surface area contributed by atoms with Gasteiger partial charge in [0.1, 0.15) is 0 Å². The van der Waals surface area contributed by atoms with Gasteiger partial charge in [0.25, 0.3) is 0 Å². The molecular weight excluding hydrogens is 106 g/mol. The van der Waals surface area contributed by atoms with Gasteiger partial charge in [0.05, 0.1) is 0 Å². The van der Waals surface area contributed by atoms with Crippen LogP contribution < -0.4 is 5.73 Å². The number of hydrogen-bond acceptors (Lipinski definition) is 2. The van der Waals surface area contributed by atoms with Crippen molar-refractivity contribution in [3.05, 3.63) is 0 Å². The molecule has 0 aliphatic heterocycles. The molecule has 1 unspecified atom stereocenters. The van der Waals surface area contributed by atoms with Gasteiger partial charge in [-0.2, -0.15) is 0 Å². The normalized spacial score (nSPS) is 34.6. The summed E-state index contributed by atoms with van der Waals surface area (Å²) in [4.78, 5) is 9.94. The molecule has 0 aromatic carbocycles. The smallest absolute Gasteiger partial charge is 0.303 e. The summed E-state index contributed by atoms with van der Waals surface area (Å²) in [6, 6.07) is 0.172. The van der Waals surface area contributed by atoms with E-state index in [1.54, 1.807) is 0 Å². The standard InChI is InChI=1S/C5H9NO2/c6-4-1-3(4)2-5(7)8/h3-4H,1-2,6H2,(H,7,8)/t3-,4?/m0/s1. The molecule has 3 heteroatoms. The maximum absolute atomic E-state index is 9.94. The first kappa shape index (κ1) is 5.56. The number of nitrogens with two attached hydrogens (primary N) is 1. The molecule has 0 aromatic rings. The van der Waals surface area contributed by atoms with Gasteiger partial charge in [0.15, 0.2) is 0 Å². The lowest BCUT2D eigenvalue weighted by molar-refractivity contribution is -0.137. The van der Waals surface area contributed by atoms with Crippen LogP contribution >= 0.6 is 0 Å². The summed E-state index contributed by atoms with van der Waals surface area (Å²) in [6.07, 6.45) is 1.15. The molecule has 3 N–H and O–H groups in total. The lowest BCUT2D eigenvalue weighted by Gasteiger charge is -1.86. The largest absolute Gasteiger partial charge is 0.481 e. The van der Waals surface area contributed by atoms with Gasteiger partial charge in [-0.25, -0.2) is 0 Å². The number of hydrogen-bond donors (Lipinski definition) is 2. The van der Waals surface area contributed by atoms with Crippen molar-refractivity contribution >= 4 is 5.97 Å². The summed E-state index contributed by atoms with van der Waals surface area (Å²) in [5.74, 6) is -0.463. The topological polar surface area (TPSA) is 63.3 Å². The highest BCUT2D eigenvalue weighted by atomic mass is 16.4.